The predicted molar refractivity (Wildman–Crippen MR) is 69.1 cm³/mol. The van der Waals surface area contributed by atoms with E-state index in [4.69, 9.17) is 5.73 Å². The van der Waals surface area contributed by atoms with E-state index >= 15 is 0 Å². The Kier molecular flexibility index (Phi) is 4.44. The molecule has 1 amide bonds. The molecule has 1 aromatic rings. The minimum Gasteiger partial charge on any atom is -0.368 e. The van der Waals surface area contributed by atoms with Crippen LogP contribution in [0.5, 0.6) is 0 Å². The minimum absolute atomic E-state index is 0.0871. The molecule has 2 rings (SSSR count). The Morgan fingerprint density at radius 2 is 2.05 bits per heavy atom. The van der Waals surface area contributed by atoms with Crippen LogP contribution in [0.15, 0.2) is 18.2 Å². The summed E-state index contributed by atoms with van der Waals surface area (Å²) in [7, 11) is 0. The van der Waals surface area contributed by atoms with E-state index < -0.39 is 29.4 Å². The molecule has 0 bridgehead atoms. The molecule has 0 saturated carbocycles. The third-order valence-electron chi connectivity index (χ3n) is 3.52. The number of hydrogen-bond acceptors (Lipinski definition) is 3. The first kappa shape index (κ1) is 14.6. The van der Waals surface area contributed by atoms with Gasteiger partial charge in [0.1, 0.15) is 11.6 Å². The number of rotatable bonds is 4. The van der Waals surface area contributed by atoms with E-state index in [2.05, 4.69) is 0 Å². The molecule has 1 aromatic carbocycles. The van der Waals surface area contributed by atoms with Gasteiger partial charge in [-0.05, 0) is 31.5 Å². The van der Waals surface area contributed by atoms with Crippen molar-refractivity contribution in [2.24, 2.45) is 5.73 Å². The van der Waals surface area contributed by atoms with Crippen LogP contribution in [0, 0.1) is 11.6 Å². The molecule has 1 heterocycles. The van der Waals surface area contributed by atoms with E-state index in [0.29, 0.717) is 19.0 Å². The number of Topliss-reactive ketones (excluding diaryl/α,β-unsaturated/α-hetero) is 1. The number of carbonyl (C=O) groups is 2. The molecule has 20 heavy (non-hydrogen) atoms. The van der Waals surface area contributed by atoms with Crippen LogP contribution in [0.1, 0.15) is 29.6 Å². The lowest BCUT2D eigenvalue weighted by Gasteiger charge is -2.32. The fourth-order valence-electron chi connectivity index (χ4n) is 2.49. The highest BCUT2D eigenvalue weighted by Crippen LogP contribution is 2.18. The number of nitrogens with zero attached hydrogens (tertiary/aromatic N) is 1. The van der Waals surface area contributed by atoms with Crippen molar-refractivity contribution in [1.82, 2.24) is 4.90 Å². The highest BCUT2D eigenvalue weighted by Gasteiger charge is 2.29. The monoisotopic (exact) mass is 282 g/mol. The Morgan fingerprint density at radius 1 is 1.30 bits per heavy atom. The first-order chi connectivity index (χ1) is 9.49. The fraction of sp³-hybridized carbons (Fsp3) is 0.429. The summed E-state index contributed by atoms with van der Waals surface area (Å²) in [6.45, 7) is 0.484. The maximum atomic E-state index is 13.5. The second-order valence-corrected chi connectivity index (χ2v) is 4.93. The summed E-state index contributed by atoms with van der Waals surface area (Å²) < 4.78 is 26.4. The Bertz CT molecular complexity index is 534. The number of benzene rings is 1. The Morgan fingerprint density at radius 3 is 2.70 bits per heavy atom. The van der Waals surface area contributed by atoms with Gasteiger partial charge in [0.25, 0.3) is 0 Å². The lowest BCUT2D eigenvalue weighted by atomic mass is 10.00. The molecular formula is C14H16F2N2O2. The molecule has 108 valence electrons. The fourth-order valence-corrected chi connectivity index (χ4v) is 2.49. The van der Waals surface area contributed by atoms with Gasteiger partial charge < -0.3 is 5.73 Å². The molecular weight excluding hydrogens is 266 g/mol. The Labute approximate surface area is 115 Å². The first-order valence-corrected chi connectivity index (χ1v) is 6.50. The SMILES string of the molecule is NC(=O)C1CCCCN1CC(=O)c1ccc(F)cc1F. The van der Waals surface area contributed by atoms with Crippen molar-refractivity contribution < 1.29 is 18.4 Å². The van der Waals surface area contributed by atoms with E-state index in [9.17, 15) is 18.4 Å². The largest absolute Gasteiger partial charge is 0.368 e. The van der Waals surface area contributed by atoms with Gasteiger partial charge in [-0.1, -0.05) is 6.42 Å². The predicted octanol–water partition coefficient (Wildman–Crippen LogP) is 1.49. The normalized spacial score (nSPS) is 19.8. The molecule has 1 fully saturated rings. The van der Waals surface area contributed by atoms with Crippen molar-refractivity contribution in [2.75, 3.05) is 13.1 Å². The molecule has 6 heteroatoms. The van der Waals surface area contributed by atoms with E-state index in [-0.39, 0.29) is 12.1 Å². The summed E-state index contributed by atoms with van der Waals surface area (Å²) in [6, 6.07) is 2.35. The van der Waals surface area contributed by atoms with Crippen LogP contribution < -0.4 is 5.73 Å². The van der Waals surface area contributed by atoms with Gasteiger partial charge in [-0.25, -0.2) is 8.78 Å². The maximum Gasteiger partial charge on any atom is 0.234 e. The molecule has 0 aromatic heterocycles. The van der Waals surface area contributed by atoms with Crippen molar-refractivity contribution in [3.8, 4) is 0 Å². The van der Waals surface area contributed by atoms with Gasteiger partial charge in [0.15, 0.2) is 5.78 Å². The topological polar surface area (TPSA) is 63.4 Å². The minimum atomic E-state index is -0.886. The van der Waals surface area contributed by atoms with E-state index in [1.165, 1.54) is 0 Å². The Balaban J connectivity index is 2.11. The quantitative estimate of drug-likeness (QED) is 0.851. The molecule has 1 saturated heterocycles. The van der Waals surface area contributed by atoms with Crippen molar-refractivity contribution in [3.05, 3.63) is 35.4 Å². The molecule has 0 radical (unpaired) electrons. The lowest BCUT2D eigenvalue weighted by Crippen LogP contribution is -2.49. The summed E-state index contributed by atoms with van der Waals surface area (Å²) in [6.07, 6.45) is 2.35. The average Bonchev–Trinajstić information content (AvgIpc) is 2.38. The summed E-state index contributed by atoms with van der Waals surface area (Å²) in [5.74, 6) is -2.57. The van der Waals surface area contributed by atoms with Crippen LogP contribution in [0.25, 0.3) is 0 Å². The van der Waals surface area contributed by atoms with Gasteiger partial charge in [0, 0.05) is 6.07 Å². The molecule has 2 N–H and O–H groups in total. The summed E-state index contributed by atoms with van der Waals surface area (Å²) in [4.78, 5) is 25.1. The maximum absolute atomic E-state index is 13.5. The van der Waals surface area contributed by atoms with Crippen molar-refractivity contribution >= 4 is 11.7 Å². The molecule has 1 aliphatic heterocycles. The molecule has 1 unspecified atom stereocenters. The van der Waals surface area contributed by atoms with E-state index in [0.717, 1.165) is 25.0 Å². The number of halogens is 2. The van der Waals surface area contributed by atoms with Gasteiger partial charge in [0.2, 0.25) is 5.91 Å². The van der Waals surface area contributed by atoms with Crippen LogP contribution >= 0.6 is 0 Å². The van der Waals surface area contributed by atoms with Crippen LogP contribution in [0.4, 0.5) is 8.78 Å². The zero-order chi connectivity index (χ0) is 14.7. The number of ketones is 1. The van der Waals surface area contributed by atoms with Crippen molar-refractivity contribution in [3.63, 3.8) is 0 Å². The summed E-state index contributed by atoms with van der Waals surface area (Å²) >= 11 is 0. The second kappa shape index (κ2) is 6.09. The summed E-state index contributed by atoms with van der Waals surface area (Å²) in [5, 5.41) is 0. The number of primary amides is 1. The first-order valence-electron chi connectivity index (χ1n) is 6.50. The molecule has 0 spiro atoms. The van der Waals surface area contributed by atoms with E-state index in [1.54, 1.807) is 4.90 Å². The van der Waals surface area contributed by atoms with Crippen LogP contribution in [0.3, 0.4) is 0 Å². The second-order valence-electron chi connectivity index (χ2n) is 4.93. The van der Waals surface area contributed by atoms with Crippen LogP contribution in [-0.4, -0.2) is 35.7 Å². The third kappa shape index (κ3) is 3.19. The standard InChI is InChI=1S/C14H16F2N2O2/c15-9-4-5-10(11(16)7-9)13(19)8-18-6-2-1-3-12(18)14(17)20/h4-5,7,12H,1-3,6,8H2,(H2,17,20). The number of piperidine rings is 1. The Hall–Kier alpha value is -1.82. The highest BCUT2D eigenvalue weighted by molar-refractivity contribution is 5.98. The zero-order valence-corrected chi connectivity index (χ0v) is 10.9. The van der Waals surface area contributed by atoms with Gasteiger partial charge in [0.05, 0.1) is 18.2 Å². The van der Waals surface area contributed by atoms with Gasteiger partial charge in [-0.15, -0.1) is 0 Å². The number of carbonyl (C=O) groups excluding carboxylic acids is 2. The highest BCUT2D eigenvalue weighted by atomic mass is 19.1. The van der Waals surface area contributed by atoms with Gasteiger partial charge in [-0.3, -0.25) is 14.5 Å². The molecule has 1 aliphatic rings. The lowest BCUT2D eigenvalue weighted by molar-refractivity contribution is -0.124. The number of nitrogens with two attached hydrogens (primary N) is 1. The van der Waals surface area contributed by atoms with Crippen molar-refractivity contribution in [1.29, 1.82) is 0 Å². The zero-order valence-electron chi connectivity index (χ0n) is 10.9. The molecule has 0 aliphatic carbocycles. The van der Waals surface area contributed by atoms with E-state index in [1.807, 2.05) is 0 Å². The van der Waals surface area contributed by atoms with Crippen LogP contribution in [-0.2, 0) is 4.79 Å². The number of likely N-dealkylation sites (tertiary alicyclic amines) is 1. The number of amides is 1. The summed E-state index contributed by atoms with van der Waals surface area (Å²) in [5.41, 5.74) is 5.14. The van der Waals surface area contributed by atoms with Gasteiger partial charge >= 0.3 is 0 Å². The third-order valence-corrected chi connectivity index (χ3v) is 3.52. The van der Waals surface area contributed by atoms with Gasteiger partial charge in [-0.2, -0.15) is 0 Å². The molecule has 4 nitrogen and oxygen atoms in total. The van der Waals surface area contributed by atoms with Crippen molar-refractivity contribution in [2.45, 2.75) is 25.3 Å². The average molecular weight is 282 g/mol. The molecule has 1 atom stereocenters. The smallest absolute Gasteiger partial charge is 0.234 e. The number of hydrogen-bond donors (Lipinski definition) is 1. The van der Waals surface area contributed by atoms with Crippen LogP contribution in [0.2, 0.25) is 0 Å².